The number of carbonyl (C=O) groups excluding carboxylic acids is 1. The summed E-state index contributed by atoms with van der Waals surface area (Å²) in [4.78, 5) is 17.8. The third kappa shape index (κ3) is 4.10. The van der Waals surface area contributed by atoms with Crippen LogP contribution in [0.2, 0.25) is 0 Å². The predicted octanol–water partition coefficient (Wildman–Crippen LogP) is 4.85. The number of rotatable bonds is 4. The van der Waals surface area contributed by atoms with Crippen molar-refractivity contribution < 1.29 is 31.1 Å². The monoisotopic (exact) mass is 469 g/mol. The summed E-state index contributed by atoms with van der Waals surface area (Å²) < 4.78 is 78.7. The van der Waals surface area contributed by atoms with Crippen LogP contribution in [0.4, 0.5) is 31.5 Å². The van der Waals surface area contributed by atoms with Crippen LogP contribution in [0.15, 0.2) is 17.0 Å². The molecule has 1 amide bonds. The molecule has 14 heteroatoms. The molecule has 0 unspecified atom stereocenters. The van der Waals surface area contributed by atoms with E-state index in [2.05, 4.69) is 15.2 Å². The molecule has 0 saturated heterocycles. The van der Waals surface area contributed by atoms with E-state index in [0.29, 0.717) is 10.6 Å². The Labute approximate surface area is 173 Å². The molecule has 30 heavy (non-hydrogen) atoms. The number of anilines is 1. The Bertz CT molecular complexity index is 1100. The number of aryl methyl sites for hydroxylation is 1. The first-order valence-electron chi connectivity index (χ1n) is 8.23. The number of hydrogen-bond donors (Lipinski definition) is 0. The molecule has 0 radical (unpaired) electrons. The molecule has 0 bridgehead atoms. The standard InChI is InChI=1S/C16H13F6N5OS2/c1-4-29-10-6-9-8(23-12(26(9)2)15(17,18)19)5-7(10)11(28)27(3)14-25-24-13(30-14)16(20,21)22/h5-6H,4H2,1-3H3. The van der Waals surface area contributed by atoms with Crippen molar-refractivity contribution in [3.05, 3.63) is 28.5 Å². The maximum Gasteiger partial charge on any atom is 0.449 e. The van der Waals surface area contributed by atoms with Crippen LogP contribution in [0.1, 0.15) is 28.1 Å². The lowest BCUT2D eigenvalue weighted by molar-refractivity contribution is -0.146. The fraction of sp³-hybridized carbons (Fsp3) is 0.375. The van der Waals surface area contributed by atoms with Gasteiger partial charge in [0.1, 0.15) is 0 Å². The summed E-state index contributed by atoms with van der Waals surface area (Å²) >= 11 is 1.40. The Morgan fingerprint density at radius 1 is 1.17 bits per heavy atom. The van der Waals surface area contributed by atoms with Crippen molar-refractivity contribution in [2.24, 2.45) is 7.05 Å². The Balaban J connectivity index is 2.07. The van der Waals surface area contributed by atoms with Crippen LogP contribution >= 0.6 is 23.1 Å². The first kappa shape index (κ1) is 22.3. The van der Waals surface area contributed by atoms with E-state index >= 15 is 0 Å². The van der Waals surface area contributed by atoms with Crippen molar-refractivity contribution >= 4 is 45.2 Å². The molecule has 3 aromatic rings. The van der Waals surface area contributed by atoms with Gasteiger partial charge in [-0.05, 0) is 17.9 Å². The Kier molecular flexibility index (Phi) is 5.75. The van der Waals surface area contributed by atoms with Crippen molar-refractivity contribution in [3.63, 3.8) is 0 Å². The number of thioether (sulfide) groups is 1. The fourth-order valence-electron chi connectivity index (χ4n) is 2.65. The van der Waals surface area contributed by atoms with Gasteiger partial charge in [-0.1, -0.05) is 18.3 Å². The van der Waals surface area contributed by atoms with E-state index in [9.17, 15) is 31.1 Å². The summed E-state index contributed by atoms with van der Waals surface area (Å²) in [6.07, 6.45) is -9.39. The number of fused-ring (bicyclic) bond motifs is 1. The molecule has 0 atom stereocenters. The van der Waals surface area contributed by atoms with Gasteiger partial charge >= 0.3 is 12.4 Å². The molecule has 2 heterocycles. The summed E-state index contributed by atoms with van der Waals surface area (Å²) in [6, 6.07) is 2.61. The van der Waals surface area contributed by atoms with Crippen LogP contribution in [-0.2, 0) is 19.4 Å². The molecule has 6 nitrogen and oxygen atoms in total. The van der Waals surface area contributed by atoms with Crippen LogP contribution < -0.4 is 4.90 Å². The second-order valence-corrected chi connectivity index (χ2v) is 8.28. The maximum atomic E-state index is 13.2. The zero-order chi connectivity index (χ0) is 22.4. The summed E-state index contributed by atoms with van der Waals surface area (Å²) in [5, 5.41) is 4.93. The number of halogens is 6. The fourth-order valence-corrected chi connectivity index (χ4v) is 4.13. The van der Waals surface area contributed by atoms with Gasteiger partial charge in [-0.2, -0.15) is 26.3 Å². The van der Waals surface area contributed by atoms with Gasteiger partial charge in [0.25, 0.3) is 5.91 Å². The Morgan fingerprint density at radius 3 is 2.37 bits per heavy atom. The first-order chi connectivity index (χ1) is 13.8. The summed E-state index contributed by atoms with van der Waals surface area (Å²) in [5.41, 5.74) is 0.121. The van der Waals surface area contributed by atoms with Gasteiger partial charge in [0.05, 0.1) is 16.6 Å². The number of nitrogens with zero attached hydrogens (tertiary/aromatic N) is 5. The lowest BCUT2D eigenvalue weighted by Crippen LogP contribution is -2.26. The van der Waals surface area contributed by atoms with Crippen LogP contribution in [0, 0.1) is 0 Å². The molecular formula is C16H13F6N5OS2. The third-order valence-electron chi connectivity index (χ3n) is 4.01. The molecule has 0 fully saturated rings. The van der Waals surface area contributed by atoms with Gasteiger partial charge in [-0.25, -0.2) is 4.98 Å². The number of aromatic nitrogens is 4. The summed E-state index contributed by atoms with van der Waals surface area (Å²) in [5.74, 6) is -1.35. The van der Waals surface area contributed by atoms with Crippen molar-refractivity contribution in [2.75, 3.05) is 17.7 Å². The van der Waals surface area contributed by atoms with E-state index in [1.807, 2.05) is 0 Å². The number of imidazole rings is 1. The van der Waals surface area contributed by atoms with Gasteiger partial charge in [0, 0.05) is 19.0 Å². The quantitative estimate of drug-likeness (QED) is 0.404. The zero-order valence-electron chi connectivity index (χ0n) is 15.6. The smallest absolute Gasteiger partial charge is 0.323 e. The number of benzene rings is 1. The van der Waals surface area contributed by atoms with Crippen molar-refractivity contribution in [1.82, 2.24) is 19.7 Å². The van der Waals surface area contributed by atoms with Crippen molar-refractivity contribution in [1.29, 1.82) is 0 Å². The molecule has 3 rings (SSSR count). The number of carbonyl (C=O) groups is 1. The van der Waals surface area contributed by atoms with E-state index in [1.165, 1.54) is 38.0 Å². The topological polar surface area (TPSA) is 63.9 Å². The molecule has 162 valence electrons. The first-order valence-corrected chi connectivity index (χ1v) is 10.0. The summed E-state index contributed by atoms with van der Waals surface area (Å²) in [6.45, 7) is 1.79. The lowest BCUT2D eigenvalue weighted by Gasteiger charge is -2.16. The van der Waals surface area contributed by atoms with Crippen LogP contribution in [0.25, 0.3) is 11.0 Å². The van der Waals surface area contributed by atoms with E-state index in [4.69, 9.17) is 0 Å². The largest absolute Gasteiger partial charge is 0.449 e. The predicted molar refractivity (Wildman–Crippen MR) is 99.8 cm³/mol. The van der Waals surface area contributed by atoms with Crippen LogP contribution in [0.5, 0.6) is 0 Å². The molecule has 0 N–H and O–H groups in total. The molecular weight excluding hydrogens is 456 g/mol. The lowest BCUT2D eigenvalue weighted by atomic mass is 10.1. The van der Waals surface area contributed by atoms with E-state index in [1.54, 1.807) is 6.92 Å². The second-order valence-electron chi connectivity index (χ2n) is 6.01. The summed E-state index contributed by atoms with van der Waals surface area (Å²) in [7, 11) is 2.43. The van der Waals surface area contributed by atoms with Crippen LogP contribution in [0.3, 0.4) is 0 Å². The molecule has 0 spiro atoms. The minimum atomic E-state index is -4.70. The minimum Gasteiger partial charge on any atom is -0.323 e. The normalized spacial score (nSPS) is 12.6. The van der Waals surface area contributed by atoms with Crippen molar-refractivity contribution in [2.45, 2.75) is 24.2 Å². The molecule has 0 aliphatic heterocycles. The Morgan fingerprint density at radius 2 is 1.83 bits per heavy atom. The molecule has 0 aliphatic carbocycles. The number of hydrogen-bond acceptors (Lipinski definition) is 6. The van der Waals surface area contributed by atoms with Gasteiger partial charge in [-0.15, -0.1) is 22.0 Å². The van der Waals surface area contributed by atoms with E-state index in [0.717, 1.165) is 9.47 Å². The molecule has 0 aliphatic rings. The SMILES string of the molecule is CCSc1cc2c(cc1C(=O)N(C)c1nnc(C(F)(F)F)s1)nc(C(F)(F)F)n2C. The maximum absolute atomic E-state index is 13.2. The average molecular weight is 469 g/mol. The minimum absolute atomic E-state index is 0.00688. The van der Waals surface area contributed by atoms with E-state index < -0.39 is 29.1 Å². The zero-order valence-corrected chi connectivity index (χ0v) is 17.2. The highest BCUT2D eigenvalue weighted by Crippen LogP contribution is 2.36. The van der Waals surface area contributed by atoms with Gasteiger partial charge in [0.2, 0.25) is 16.0 Å². The van der Waals surface area contributed by atoms with Crippen LogP contribution in [-0.4, -0.2) is 38.5 Å². The highest BCUT2D eigenvalue weighted by atomic mass is 32.2. The average Bonchev–Trinajstić information content (AvgIpc) is 3.25. The van der Waals surface area contributed by atoms with Crippen molar-refractivity contribution in [3.8, 4) is 0 Å². The highest BCUT2D eigenvalue weighted by Gasteiger charge is 2.38. The Hall–Kier alpha value is -2.35. The van der Waals surface area contributed by atoms with E-state index in [-0.39, 0.29) is 33.1 Å². The van der Waals surface area contributed by atoms with Gasteiger partial charge in [0.15, 0.2) is 0 Å². The van der Waals surface area contributed by atoms with Gasteiger partial charge < -0.3 is 4.57 Å². The molecule has 1 aromatic carbocycles. The highest BCUT2D eigenvalue weighted by molar-refractivity contribution is 7.99. The molecule has 2 aromatic heterocycles. The third-order valence-corrected chi connectivity index (χ3v) is 6.00. The molecule has 0 saturated carbocycles. The number of alkyl halides is 6. The number of amides is 1. The van der Waals surface area contributed by atoms with Gasteiger partial charge in [-0.3, -0.25) is 9.69 Å². The second kappa shape index (κ2) is 7.72.